The van der Waals surface area contributed by atoms with Gasteiger partial charge in [0.15, 0.2) is 0 Å². The largest absolute Gasteiger partial charge is 0.318 e. The Labute approximate surface area is 165 Å². The van der Waals surface area contributed by atoms with Crippen molar-refractivity contribution in [3.8, 4) is 11.1 Å². The summed E-state index contributed by atoms with van der Waals surface area (Å²) >= 11 is 0. The molecular formula is C25H23NO2. The molecule has 0 bridgehead atoms. The van der Waals surface area contributed by atoms with Gasteiger partial charge in [-0.25, -0.2) is 0 Å². The van der Waals surface area contributed by atoms with Gasteiger partial charge in [-0.15, -0.1) is 0 Å². The number of hydrogen-bond acceptors (Lipinski definition) is 2. The number of Topliss-reactive ketones (excluding diaryl/α,β-unsaturated/α-hetero) is 1. The van der Waals surface area contributed by atoms with Crippen LogP contribution in [0.2, 0.25) is 0 Å². The maximum atomic E-state index is 12.1. The fourth-order valence-corrected chi connectivity index (χ4v) is 3.84. The summed E-state index contributed by atoms with van der Waals surface area (Å²) < 4.78 is 1.64. The van der Waals surface area contributed by atoms with Crippen molar-refractivity contribution in [3.05, 3.63) is 92.9 Å². The number of fused-ring (bicyclic) bond motifs is 1. The van der Waals surface area contributed by atoms with E-state index in [1.807, 2.05) is 37.4 Å². The third-order valence-corrected chi connectivity index (χ3v) is 5.36. The predicted octanol–water partition coefficient (Wildman–Crippen LogP) is 4.59. The highest BCUT2D eigenvalue weighted by Gasteiger charge is 2.18. The van der Waals surface area contributed by atoms with Crippen molar-refractivity contribution >= 4 is 17.9 Å². The van der Waals surface area contributed by atoms with Crippen LogP contribution in [0.5, 0.6) is 0 Å². The van der Waals surface area contributed by atoms with Crippen molar-refractivity contribution in [2.75, 3.05) is 0 Å². The molecule has 0 saturated carbocycles. The zero-order valence-electron chi connectivity index (χ0n) is 16.2. The molecule has 4 rings (SSSR count). The van der Waals surface area contributed by atoms with Gasteiger partial charge in [-0.1, -0.05) is 54.6 Å². The Kier molecular flexibility index (Phi) is 4.82. The first kappa shape index (κ1) is 18.2. The van der Waals surface area contributed by atoms with E-state index in [0.717, 1.165) is 39.8 Å². The Morgan fingerprint density at radius 1 is 0.929 bits per heavy atom. The van der Waals surface area contributed by atoms with Crippen molar-refractivity contribution in [1.29, 1.82) is 0 Å². The van der Waals surface area contributed by atoms with Crippen LogP contribution in [-0.2, 0) is 24.7 Å². The number of carbonyl (C=O) groups is 1. The highest BCUT2D eigenvalue weighted by atomic mass is 16.1. The van der Waals surface area contributed by atoms with Gasteiger partial charge >= 0.3 is 0 Å². The summed E-state index contributed by atoms with van der Waals surface area (Å²) in [6.07, 6.45) is 7.99. The van der Waals surface area contributed by atoms with Gasteiger partial charge in [0, 0.05) is 31.6 Å². The van der Waals surface area contributed by atoms with E-state index in [9.17, 15) is 9.59 Å². The van der Waals surface area contributed by atoms with E-state index in [0.29, 0.717) is 18.6 Å². The summed E-state index contributed by atoms with van der Waals surface area (Å²) in [5.41, 5.74) is 7.41. The molecule has 2 aromatic carbocycles. The Hall–Kier alpha value is -3.20. The quantitative estimate of drug-likeness (QED) is 0.634. The van der Waals surface area contributed by atoms with Crippen LogP contribution in [0.25, 0.3) is 23.3 Å². The SMILES string of the molecule is Cc1cc(-c2cc3c(cc2/C=C/c2ccccc2)CC(=O)CC3)cn(C)c1=O. The molecule has 1 aliphatic carbocycles. The van der Waals surface area contributed by atoms with E-state index in [1.165, 1.54) is 5.56 Å². The van der Waals surface area contributed by atoms with E-state index in [2.05, 4.69) is 36.4 Å². The first-order chi connectivity index (χ1) is 13.5. The number of benzene rings is 2. The summed E-state index contributed by atoms with van der Waals surface area (Å²) in [6.45, 7) is 1.85. The number of aromatic nitrogens is 1. The lowest BCUT2D eigenvalue weighted by molar-refractivity contribution is -0.118. The molecule has 3 aromatic rings. The topological polar surface area (TPSA) is 39.1 Å². The first-order valence-electron chi connectivity index (χ1n) is 9.59. The number of rotatable bonds is 3. The Bertz CT molecular complexity index is 1110. The number of aryl methyl sites for hydroxylation is 3. The molecule has 0 radical (unpaired) electrons. The smallest absolute Gasteiger partial charge is 0.253 e. The molecule has 0 atom stereocenters. The summed E-state index contributed by atoms with van der Waals surface area (Å²) in [5, 5.41) is 0. The van der Waals surface area contributed by atoms with Gasteiger partial charge in [0.1, 0.15) is 5.78 Å². The molecule has 1 aliphatic rings. The van der Waals surface area contributed by atoms with Crippen LogP contribution in [-0.4, -0.2) is 10.4 Å². The van der Waals surface area contributed by atoms with Crippen LogP contribution in [0.1, 0.15) is 34.2 Å². The molecule has 0 amide bonds. The number of carbonyl (C=O) groups excluding carboxylic acids is 1. The van der Waals surface area contributed by atoms with Crippen LogP contribution in [0.15, 0.2) is 59.5 Å². The average molecular weight is 369 g/mol. The number of ketones is 1. The van der Waals surface area contributed by atoms with E-state index in [-0.39, 0.29) is 5.56 Å². The maximum absolute atomic E-state index is 12.1. The van der Waals surface area contributed by atoms with Crippen LogP contribution in [0.4, 0.5) is 0 Å². The van der Waals surface area contributed by atoms with Gasteiger partial charge < -0.3 is 4.57 Å². The van der Waals surface area contributed by atoms with E-state index < -0.39 is 0 Å². The Morgan fingerprint density at radius 3 is 2.46 bits per heavy atom. The average Bonchev–Trinajstić information content (AvgIpc) is 2.70. The second kappa shape index (κ2) is 7.43. The van der Waals surface area contributed by atoms with Crippen molar-refractivity contribution in [2.24, 2.45) is 7.05 Å². The highest BCUT2D eigenvalue weighted by molar-refractivity contribution is 5.86. The van der Waals surface area contributed by atoms with Gasteiger partial charge in [0.2, 0.25) is 0 Å². The Balaban J connectivity index is 1.87. The summed E-state index contributed by atoms with van der Waals surface area (Å²) in [5.74, 6) is 0.302. The summed E-state index contributed by atoms with van der Waals surface area (Å²) in [7, 11) is 1.79. The molecule has 0 unspecified atom stereocenters. The predicted molar refractivity (Wildman–Crippen MR) is 114 cm³/mol. The van der Waals surface area contributed by atoms with Crippen LogP contribution in [0.3, 0.4) is 0 Å². The summed E-state index contributed by atoms with van der Waals surface area (Å²) in [6, 6.07) is 16.5. The monoisotopic (exact) mass is 369 g/mol. The van der Waals surface area contributed by atoms with Gasteiger partial charge in [-0.05, 0) is 52.8 Å². The van der Waals surface area contributed by atoms with Gasteiger partial charge in [-0.3, -0.25) is 9.59 Å². The zero-order chi connectivity index (χ0) is 19.7. The minimum atomic E-state index is 0.0219. The standard InChI is InChI=1S/C25H23NO2/c1-17-12-22(16-26(2)25(17)28)24-15-19-10-11-23(27)14-21(19)13-20(24)9-8-18-6-4-3-5-7-18/h3-9,12-13,15-16H,10-11,14H2,1-2H3/b9-8+. The molecule has 3 nitrogen and oxygen atoms in total. The van der Waals surface area contributed by atoms with Crippen LogP contribution in [0, 0.1) is 6.92 Å². The van der Waals surface area contributed by atoms with Crippen LogP contribution < -0.4 is 5.56 Å². The minimum Gasteiger partial charge on any atom is -0.318 e. The zero-order valence-corrected chi connectivity index (χ0v) is 16.2. The molecular weight excluding hydrogens is 346 g/mol. The minimum absolute atomic E-state index is 0.0219. The Morgan fingerprint density at radius 2 is 1.71 bits per heavy atom. The molecule has 0 N–H and O–H groups in total. The molecule has 28 heavy (non-hydrogen) atoms. The molecule has 0 saturated heterocycles. The molecule has 0 spiro atoms. The van der Waals surface area contributed by atoms with Crippen molar-refractivity contribution < 1.29 is 4.79 Å². The van der Waals surface area contributed by atoms with Gasteiger partial charge in [0.05, 0.1) is 0 Å². The van der Waals surface area contributed by atoms with Crippen molar-refractivity contribution in [2.45, 2.75) is 26.2 Å². The van der Waals surface area contributed by atoms with Crippen LogP contribution >= 0.6 is 0 Å². The number of hydrogen-bond donors (Lipinski definition) is 0. The van der Waals surface area contributed by atoms with Gasteiger partial charge in [-0.2, -0.15) is 0 Å². The second-order valence-electron chi connectivity index (χ2n) is 7.50. The number of nitrogens with zero attached hydrogens (tertiary/aromatic N) is 1. The van der Waals surface area contributed by atoms with E-state index >= 15 is 0 Å². The summed E-state index contributed by atoms with van der Waals surface area (Å²) in [4.78, 5) is 24.1. The molecule has 1 heterocycles. The lowest BCUT2D eigenvalue weighted by atomic mass is 9.85. The molecule has 3 heteroatoms. The molecule has 0 aliphatic heterocycles. The lowest BCUT2D eigenvalue weighted by Gasteiger charge is -2.19. The van der Waals surface area contributed by atoms with E-state index in [1.54, 1.807) is 11.6 Å². The molecule has 1 aromatic heterocycles. The fraction of sp³-hybridized carbons (Fsp3) is 0.200. The highest BCUT2D eigenvalue weighted by Crippen LogP contribution is 2.31. The lowest BCUT2D eigenvalue weighted by Crippen LogP contribution is -2.18. The second-order valence-corrected chi connectivity index (χ2v) is 7.50. The van der Waals surface area contributed by atoms with E-state index in [4.69, 9.17) is 0 Å². The van der Waals surface area contributed by atoms with Crippen molar-refractivity contribution in [3.63, 3.8) is 0 Å². The maximum Gasteiger partial charge on any atom is 0.253 e. The number of pyridine rings is 1. The third kappa shape index (κ3) is 3.61. The van der Waals surface area contributed by atoms with Crippen molar-refractivity contribution in [1.82, 2.24) is 4.57 Å². The van der Waals surface area contributed by atoms with Gasteiger partial charge in [0.25, 0.3) is 5.56 Å². The molecule has 140 valence electrons. The third-order valence-electron chi connectivity index (χ3n) is 5.36. The molecule has 0 fully saturated rings. The fourth-order valence-electron chi connectivity index (χ4n) is 3.84. The first-order valence-corrected chi connectivity index (χ1v) is 9.59. The normalized spacial score (nSPS) is 13.7.